The lowest BCUT2D eigenvalue weighted by molar-refractivity contribution is 0.107. The molecule has 104 valence electrons. The molecule has 0 bridgehead atoms. The number of anilines is 1. The second kappa shape index (κ2) is 5.79. The Labute approximate surface area is 134 Å². The molecule has 0 spiro atoms. The second-order valence-corrected chi connectivity index (χ2v) is 5.72. The number of carbonyl (C=O) groups is 1. The minimum Gasteiger partial charge on any atom is -0.287 e. The molecule has 0 saturated carbocycles. The minimum absolute atomic E-state index is 0.136. The Kier molecular flexibility index (Phi) is 3.86. The van der Waals surface area contributed by atoms with Gasteiger partial charge in [-0.1, -0.05) is 33.6 Å². The summed E-state index contributed by atoms with van der Waals surface area (Å²) in [6.07, 6.45) is 1.41. The van der Waals surface area contributed by atoms with E-state index >= 15 is 0 Å². The van der Waals surface area contributed by atoms with E-state index in [2.05, 4.69) is 31.4 Å². The molecule has 2 aromatic carbocycles. The van der Waals surface area contributed by atoms with Gasteiger partial charge in [-0.2, -0.15) is 5.10 Å². The Morgan fingerprint density at radius 3 is 2.90 bits per heavy atom. The van der Waals surface area contributed by atoms with Gasteiger partial charge in [-0.05, 0) is 36.4 Å². The summed E-state index contributed by atoms with van der Waals surface area (Å²) >= 11 is 9.22. The number of hydrogen-bond acceptors (Lipinski definition) is 4. The highest BCUT2D eigenvalue weighted by molar-refractivity contribution is 9.10. The van der Waals surface area contributed by atoms with Gasteiger partial charge in [-0.25, -0.2) is 4.99 Å². The lowest BCUT2D eigenvalue weighted by atomic mass is 10.1. The molecular formula is C15H9BrClN3O. The molecule has 0 aliphatic carbocycles. The average molecular weight is 363 g/mol. The van der Waals surface area contributed by atoms with E-state index in [1.54, 1.807) is 24.3 Å². The van der Waals surface area contributed by atoms with Crippen molar-refractivity contribution in [2.75, 3.05) is 5.43 Å². The number of hydrazone groups is 1. The maximum absolute atomic E-state index is 12.2. The average Bonchev–Trinajstić information content (AvgIpc) is 2.76. The van der Waals surface area contributed by atoms with Crippen LogP contribution < -0.4 is 5.43 Å². The first-order valence-electron chi connectivity index (χ1n) is 6.11. The molecule has 1 heterocycles. The zero-order valence-electron chi connectivity index (χ0n) is 10.7. The van der Waals surface area contributed by atoms with Crippen molar-refractivity contribution in [2.45, 2.75) is 0 Å². The number of benzene rings is 2. The maximum atomic E-state index is 12.2. The van der Waals surface area contributed by atoms with Crippen LogP contribution in [0.1, 0.15) is 10.4 Å². The molecule has 2 aromatic rings. The summed E-state index contributed by atoms with van der Waals surface area (Å²) in [4.78, 5) is 16.4. The van der Waals surface area contributed by atoms with Gasteiger partial charge in [-0.3, -0.25) is 10.2 Å². The van der Waals surface area contributed by atoms with Crippen LogP contribution in [0.25, 0.3) is 0 Å². The van der Waals surface area contributed by atoms with Crippen LogP contribution in [0.3, 0.4) is 0 Å². The van der Waals surface area contributed by atoms with Gasteiger partial charge in [0.25, 0.3) is 0 Å². The van der Waals surface area contributed by atoms with E-state index in [4.69, 9.17) is 11.6 Å². The van der Waals surface area contributed by atoms with Crippen molar-refractivity contribution in [1.82, 2.24) is 0 Å². The number of ketones is 1. The molecule has 0 saturated heterocycles. The number of aliphatic imine (C=N–C) groups is 1. The van der Waals surface area contributed by atoms with Crippen LogP contribution in [-0.2, 0) is 0 Å². The Hall–Kier alpha value is -1.98. The Balaban J connectivity index is 1.75. The third kappa shape index (κ3) is 3.04. The van der Waals surface area contributed by atoms with Crippen molar-refractivity contribution in [3.05, 3.63) is 57.5 Å². The van der Waals surface area contributed by atoms with Crippen LogP contribution >= 0.6 is 27.5 Å². The van der Waals surface area contributed by atoms with E-state index in [9.17, 15) is 4.79 Å². The van der Waals surface area contributed by atoms with Crippen LogP contribution in [0.15, 0.2) is 57.0 Å². The highest BCUT2D eigenvalue weighted by Crippen LogP contribution is 2.29. The van der Waals surface area contributed by atoms with E-state index in [1.807, 2.05) is 18.2 Å². The summed E-state index contributed by atoms with van der Waals surface area (Å²) < 4.78 is 0.847. The number of fused-ring (bicyclic) bond motifs is 1. The first kappa shape index (κ1) is 14.0. The fourth-order valence-corrected chi connectivity index (χ4v) is 2.47. The second-order valence-electron chi connectivity index (χ2n) is 4.37. The summed E-state index contributed by atoms with van der Waals surface area (Å²) in [5, 5.41) is 4.64. The molecule has 1 N–H and O–H groups in total. The number of rotatable bonds is 3. The molecule has 21 heavy (non-hydrogen) atoms. The highest BCUT2D eigenvalue weighted by atomic mass is 79.9. The fraction of sp³-hybridized carbons (Fsp3) is 0. The molecule has 3 rings (SSSR count). The first-order chi connectivity index (χ1) is 10.1. The van der Waals surface area contributed by atoms with Crippen LogP contribution in [0.4, 0.5) is 11.4 Å². The molecule has 1 aliphatic rings. The molecule has 0 radical (unpaired) electrons. The third-order valence-corrected chi connectivity index (χ3v) is 3.61. The summed E-state index contributed by atoms with van der Waals surface area (Å²) in [6.45, 7) is 0. The van der Waals surface area contributed by atoms with Gasteiger partial charge < -0.3 is 0 Å². The normalized spacial score (nSPS) is 13.4. The lowest BCUT2D eigenvalue weighted by Gasteiger charge is -1.99. The van der Waals surface area contributed by atoms with Crippen LogP contribution in [0.2, 0.25) is 5.02 Å². The van der Waals surface area contributed by atoms with E-state index in [-0.39, 0.29) is 5.78 Å². The molecule has 0 fully saturated rings. The number of nitrogens with zero attached hydrogens (tertiary/aromatic N) is 2. The zero-order chi connectivity index (χ0) is 14.8. The zero-order valence-corrected chi connectivity index (χ0v) is 13.0. The van der Waals surface area contributed by atoms with Crippen molar-refractivity contribution < 1.29 is 4.79 Å². The SMILES string of the molecule is O=C1C(/C=N/Nc2cccc(Cl)c2)=Nc2ccc(Br)cc21. The molecule has 6 heteroatoms. The Morgan fingerprint density at radius 2 is 2.10 bits per heavy atom. The molecule has 0 unspecified atom stereocenters. The first-order valence-corrected chi connectivity index (χ1v) is 7.28. The third-order valence-electron chi connectivity index (χ3n) is 2.88. The summed E-state index contributed by atoms with van der Waals surface area (Å²) in [7, 11) is 0. The molecule has 0 aromatic heterocycles. The fourth-order valence-electron chi connectivity index (χ4n) is 1.92. The van der Waals surface area contributed by atoms with E-state index in [0.717, 1.165) is 10.2 Å². The van der Waals surface area contributed by atoms with Crippen LogP contribution in [0.5, 0.6) is 0 Å². The monoisotopic (exact) mass is 361 g/mol. The van der Waals surface area contributed by atoms with Crippen LogP contribution in [0, 0.1) is 0 Å². The predicted molar refractivity (Wildman–Crippen MR) is 89.1 cm³/mol. The van der Waals surface area contributed by atoms with Gasteiger partial charge in [0.2, 0.25) is 5.78 Å². The topological polar surface area (TPSA) is 53.8 Å². The number of Topliss-reactive ketones (excluding diaryl/α,β-unsaturated/α-hetero) is 1. The number of nitrogens with one attached hydrogen (secondary N) is 1. The number of halogens is 2. The summed E-state index contributed by atoms with van der Waals surface area (Å²) in [6, 6.07) is 12.5. The van der Waals surface area contributed by atoms with Gasteiger partial charge >= 0.3 is 0 Å². The Morgan fingerprint density at radius 1 is 1.24 bits per heavy atom. The van der Waals surface area contributed by atoms with Crippen molar-refractivity contribution in [2.24, 2.45) is 10.1 Å². The van der Waals surface area contributed by atoms with Crippen LogP contribution in [-0.4, -0.2) is 17.7 Å². The quantitative estimate of drug-likeness (QED) is 0.647. The molecule has 4 nitrogen and oxygen atoms in total. The maximum Gasteiger partial charge on any atom is 0.215 e. The highest BCUT2D eigenvalue weighted by Gasteiger charge is 2.23. The van der Waals surface area contributed by atoms with Crippen molar-refractivity contribution in [3.8, 4) is 0 Å². The van der Waals surface area contributed by atoms with E-state index < -0.39 is 0 Å². The minimum atomic E-state index is -0.136. The molecule has 0 amide bonds. The molecule has 0 atom stereocenters. The predicted octanol–water partition coefficient (Wildman–Crippen LogP) is 4.47. The summed E-state index contributed by atoms with van der Waals surface area (Å²) in [5.74, 6) is -0.136. The number of carbonyl (C=O) groups excluding carboxylic acids is 1. The summed E-state index contributed by atoms with van der Waals surface area (Å²) in [5.41, 5.74) is 5.09. The molecule has 1 aliphatic heterocycles. The van der Waals surface area contributed by atoms with Gasteiger partial charge in [-0.15, -0.1) is 0 Å². The standard InChI is InChI=1S/C15H9BrClN3O/c16-9-4-5-13-12(6-9)15(21)14(19-13)8-18-20-11-3-1-2-10(17)7-11/h1-8,20H/b18-8+. The van der Waals surface area contributed by atoms with Crippen molar-refractivity contribution in [3.63, 3.8) is 0 Å². The lowest BCUT2D eigenvalue weighted by Crippen LogP contribution is -2.11. The smallest absolute Gasteiger partial charge is 0.215 e. The van der Waals surface area contributed by atoms with Gasteiger partial charge in [0, 0.05) is 9.50 Å². The van der Waals surface area contributed by atoms with E-state index in [0.29, 0.717) is 22.0 Å². The van der Waals surface area contributed by atoms with Gasteiger partial charge in [0.1, 0.15) is 5.71 Å². The Bertz CT molecular complexity index is 786. The number of hydrogen-bond donors (Lipinski definition) is 1. The van der Waals surface area contributed by atoms with Crippen molar-refractivity contribution >= 4 is 56.6 Å². The largest absolute Gasteiger partial charge is 0.287 e. The van der Waals surface area contributed by atoms with Crippen molar-refractivity contribution in [1.29, 1.82) is 0 Å². The van der Waals surface area contributed by atoms with Gasteiger partial charge in [0.05, 0.1) is 23.2 Å². The molecular weight excluding hydrogens is 354 g/mol. The van der Waals surface area contributed by atoms with Gasteiger partial charge in [0.15, 0.2) is 0 Å². The van der Waals surface area contributed by atoms with E-state index in [1.165, 1.54) is 6.21 Å².